The molecule has 1 heterocycles. The first kappa shape index (κ1) is 17.4. The van der Waals surface area contributed by atoms with Gasteiger partial charge in [-0.15, -0.1) is 5.10 Å². The third-order valence-corrected chi connectivity index (χ3v) is 4.74. The quantitative estimate of drug-likeness (QED) is 0.724. The zero-order chi connectivity index (χ0) is 18.0. The van der Waals surface area contributed by atoms with Crippen LogP contribution in [0.1, 0.15) is 32.9 Å². The minimum absolute atomic E-state index is 0.226. The van der Waals surface area contributed by atoms with Crippen LogP contribution in [0.3, 0.4) is 0 Å². The van der Waals surface area contributed by atoms with Gasteiger partial charge in [0.25, 0.3) is 5.91 Å². The van der Waals surface area contributed by atoms with Crippen molar-refractivity contribution in [1.82, 2.24) is 20.3 Å². The standard InChI is InChI=1S/C19H19BrN4O/c1-12-4-9-17(10-13(12)2)24-14(3)18(22-23-24)19(25)21-11-15-5-7-16(20)8-6-15/h4-10H,11H2,1-3H3,(H,21,25). The van der Waals surface area contributed by atoms with E-state index < -0.39 is 0 Å². The molecule has 128 valence electrons. The summed E-state index contributed by atoms with van der Waals surface area (Å²) in [5.41, 5.74) is 5.38. The lowest BCUT2D eigenvalue weighted by molar-refractivity contribution is 0.0945. The Morgan fingerprint density at radius 3 is 2.48 bits per heavy atom. The van der Waals surface area contributed by atoms with Crippen LogP contribution >= 0.6 is 15.9 Å². The van der Waals surface area contributed by atoms with E-state index in [9.17, 15) is 4.79 Å². The molecule has 1 amide bonds. The van der Waals surface area contributed by atoms with Crippen molar-refractivity contribution in [3.8, 4) is 5.69 Å². The molecule has 0 aliphatic rings. The monoisotopic (exact) mass is 398 g/mol. The van der Waals surface area contributed by atoms with Crippen LogP contribution in [0.4, 0.5) is 0 Å². The molecule has 3 rings (SSSR count). The van der Waals surface area contributed by atoms with Gasteiger partial charge in [-0.1, -0.05) is 39.3 Å². The van der Waals surface area contributed by atoms with Gasteiger partial charge in [-0.2, -0.15) is 0 Å². The molecule has 0 unspecified atom stereocenters. The number of aromatic nitrogens is 3. The maximum absolute atomic E-state index is 12.4. The third-order valence-electron chi connectivity index (χ3n) is 4.21. The minimum Gasteiger partial charge on any atom is -0.347 e. The van der Waals surface area contributed by atoms with Crippen molar-refractivity contribution < 1.29 is 4.79 Å². The van der Waals surface area contributed by atoms with Gasteiger partial charge < -0.3 is 5.32 Å². The maximum atomic E-state index is 12.4. The predicted molar refractivity (Wildman–Crippen MR) is 101 cm³/mol. The number of hydrogen-bond donors (Lipinski definition) is 1. The molecule has 6 heteroatoms. The first-order valence-corrected chi connectivity index (χ1v) is 8.77. The van der Waals surface area contributed by atoms with Crippen LogP contribution in [0, 0.1) is 20.8 Å². The molecule has 3 aromatic rings. The zero-order valence-corrected chi connectivity index (χ0v) is 16.0. The Labute approximate surface area is 155 Å². The Hall–Kier alpha value is -2.47. The molecule has 1 aromatic heterocycles. The van der Waals surface area contributed by atoms with Crippen LogP contribution in [0.25, 0.3) is 5.69 Å². The van der Waals surface area contributed by atoms with Crippen molar-refractivity contribution in [3.05, 3.63) is 75.0 Å². The Bertz CT molecular complexity index is 916. The number of hydrogen-bond acceptors (Lipinski definition) is 3. The summed E-state index contributed by atoms with van der Waals surface area (Å²) in [6.45, 7) is 6.41. The highest BCUT2D eigenvalue weighted by Gasteiger charge is 2.17. The lowest BCUT2D eigenvalue weighted by Gasteiger charge is -2.07. The number of benzene rings is 2. The van der Waals surface area contributed by atoms with E-state index in [1.807, 2.05) is 49.4 Å². The van der Waals surface area contributed by atoms with Gasteiger partial charge in [0, 0.05) is 11.0 Å². The van der Waals surface area contributed by atoms with Gasteiger partial charge >= 0.3 is 0 Å². The molecular weight excluding hydrogens is 380 g/mol. The molecule has 0 aliphatic heterocycles. The molecule has 0 fully saturated rings. The lowest BCUT2D eigenvalue weighted by Crippen LogP contribution is -2.24. The highest BCUT2D eigenvalue weighted by Crippen LogP contribution is 2.16. The van der Waals surface area contributed by atoms with Gasteiger partial charge in [-0.25, -0.2) is 4.68 Å². The smallest absolute Gasteiger partial charge is 0.274 e. The lowest BCUT2D eigenvalue weighted by atomic mass is 10.1. The van der Waals surface area contributed by atoms with Crippen LogP contribution < -0.4 is 5.32 Å². The van der Waals surface area contributed by atoms with E-state index in [2.05, 4.69) is 45.4 Å². The van der Waals surface area contributed by atoms with Gasteiger partial charge in [0.1, 0.15) is 0 Å². The van der Waals surface area contributed by atoms with E-state index in [0.29, 0.717) is 12.2 Å². The summed E-state index contributed by atoms with van der Waals surface area (Å²) in [4.78, 5) is 12.4. The van der Waals surface area contributed by atoms with E-state index >= 15 is 0 Å². The van der Waals surface area contributed by atoms with Crippen LogP contribution in [0.2, 0.25) is 0 Å². The molecule has 0 saturated heterocycles. The summed E-state index contributed by atoms with van der Waals surface area (Å²) in [6.07, 6.45) is 0. The van der Waals surface area contributed by atoms with Crippen molar-refractivity contribution in [3.63, 3.8) is 0 Å². The molecule has 0 aliphatic carbocycles. The normalized spacial score (nSPS) is 10.7. The van der Waals surface area contributed by atoms with Crippen molar-refractivity contribution >= 4 is 21.8 Å². The summed E-state index contributed by atoms with van der Waals surface area (Å²) in [5, 5.41) is 11.1. The fourth-order valence-electron chi connectivity index (χ4n) is 2.51. The van der Waals surface area contributed by atoms with E-state index in [1.54, 1.807) is 4.68 Å². The molecule has 0 radical (unpaired) electrons. The van der Waals surface area contributed by atoms with Crippen molar-refractivity contribution in [2.24, 2.45) is 0 Å². The number of halogens is 1. The number of carbonyl (C=O) groups is 1. The van der Waals surface area contributed by atoms with Crippen LogP contribution in [0.15, 0.2) is 46.9 Å². The fourth-order valence-corrected chi connectivity index (χ4v) is 2.77. The highest BCUT2D eigenvalue weighted by atomic mass is 79.9. The number of aryl methyl sites for hydroxylation is 2. The molecular formula is C19H19BrN4O. The molecule has 2 aromatic carbocycles. The van der Waals surface area contributed by atoms with Gasteiger partial charge in [0.2, 0.25) is 0 Å². The molecule has 0 atom stereocenters. The molecule has 0 saturated carbocycles. The zero-order valence-electron chi connectivity index (χ0n) is 14.4. The Morgan fingerprint density at radius 2 is 1.80 bits per heavy atom. The summed E-state index contributed by atoms with van der Waals surface area (Å²) in [6, 6.07) is 13.9. The topological polar surface area (TPSA) is 59.8 Å². The first-order valence-electron chi connectivity index (χ1n) is 7.98. The Kier molecular flexibility index (Phi) is 4.99. The molecule has 25 heavy (non-hydrogen) atoms. The van der Waals surface area contributed by atoms with E-state index in [4.69, 9.17) is 0 Å². The Morgan fingerprint density at radius 1 is 1.08 bits per heavy atom. The summed E-state index contributed by atoms with van der Waals surface area (Å²) < 4.78 is 2.70. The van der Waals surface area contributed by atoms with E-state index in [-0.39, 0.29) is 5.91 Å². The molecule has 1 N–H and O–H groups in total. The second kappa shape index (κ2) is 7.19. The van der Waals surface area contributed by atoms with Gasteiger partial charge in [-0.05, 0) is 61.7 Å². The van der Waals surface area contributed by atoms with Gasteiger partial charge in [-0.3, -0.25) is 4.79 Å². The van der Waals surface area contributed by atoms with Crippen molar-refractivity contribution in [2.75, 3.05) is 0 Å². The number of carbonyl (C=O) groups excluding carboxylic acids is 1. The van der Waals surface area contributed by atoms with Crippen LogP contribution in [-0.4, -0.2) is 20.9 Å². The summed E-state index contributed by atoms with van der Waals surface area (Å²) >= 11 is 3.40. The Balaban J connectivity index is 1.76. The first-order chi connectivity index (χ1) is 12.0. The molecule has 0 bridgehead atoms. The molecule has 5 nitrogen and oxygen atoms in total. The summed E-state index contributed by atoms with van der Waals surface area (Å²) in [7, 11) is 0. The van der Waals surface area contributed by atoms with Crippen molar-refractivity contribution in [2.45, 2.75) is 27.3 Å². The van der Waals surface area contributed by atoms with Crippen LogP contribution in [-0.2, 0) is 6.54 Å². The second-order valence-corrected chi connectivity index (χ2v) is 6.93. The minimum atomic E-state index is -0.226. The third kappa shape index (κ3) is 3.79. The highest BCUT2D eigenvalue weighted by molar-refractivity contribution is 9.10. The number of amides is 1. The number of nitrogens with zero attached hydrogens (tertiary/aromatic N) is 3. The second-order valence-electron chi connectivity index (χ2n) is 6.01. The largest absolute Gasteiger partial charge is 0.347 e. The maximum Gasteiger partial charge on any atom is 0.274 e. The molecule has 0 spiro atoms. The summed E-state index contributed by atoms with van der Waals surface area (Å²) in [5.74, 6) is -0.226. The van der Waals surface area contributed by atoms with Crippen LogP contribution in [0.5, 0.6) is 0 Å². The van der Waals surface area contributed by atoms with Crippen molar-refractivity contribution in [1.29, 1.82) is 0 Å². The average molecular weight is 399 g/mol. The average Bonchev–Trinajstić information content (AvgIpc) is 2.98. The number of nitrogens with one attached hydrogen (secondary N) is 1. The number of rotatable bonds is 4. The SMILES string of the molecule is Cc1ccc(-n2nnc(C(=O)NCc3ccc(Br)cc3)c2C)cc1C. The van der Waals surface area contributed by atoms with E-state index in [0.717, 1.165) is 21.4 Å². The van der Waals surface area contributed by atoms with Gasteiger partial charge in [0.05, 0.1) is 11.4 Å². The fraction of sp³-hybridized carbons (Fsp3) is 0.211. The van der Waals surface area contributed by atoms with E-state index in [1.165, 1.54) is 11.1 Å². The van der Waals surface area contributed by atoms with Gasteiger partial charge in [0.15, 0.2) is 5.69 Å². The predicted octanol–water partition coefficient (Wildman–Crippen LogP) is 3.89.